The quantitative estimate of drug-likeness (QED) is 0.818. The number of pyridine rings is 1. The van der Waals surface area contributed by atoms with Gasteiger partial charge in [0, 0.05) is 15.6 Å². The lowest BCUT2D eigenvalue weighted by molar-refractivity contribution is -0.112. The highest BCUT2D eigenvalue weighted by Crippen LogP contribution is 2.38. The Morgan fingerprint density at radius 3 is 2.75 bits per heavy atom. The van der Waals surface area contributed by atoms with Crippen LogP contribution < -0.4 is 5.32 Å². The summed E-state index contributed by atoms with van der Waals surface area (Å²) in [7, 11) is 0. The van der Waals surface area contributed by atoms with Crippen LogP contribution in [0.5, 0.6) is 0 Å². The number of amides is 1. The molecular formula is C13H6BrClN2O2S. The van der Waals surface area contributed by atoms with Gasteiger partial charge in [-0.15, -0.1) is 0 Å². The zero-order valence-corrected chi connectivity index (χ0v) is 13.0. The van der Waals surface area contributed by atoms with E-state index in [9.17, 15) is 9.59 Å². The molecule has 2 aromatic rings. The van der Waals surface area contributed by atoms with E-state index >= 15 is 0 Å². The number of carbonyl (C=O) groups excluding carboxylic acids is 2. The van der Waals surface area contributed by atoms with Crippen molar-refractivity contribution in [1.29, 1.82) is 0 Å². The van der Waals surface area contributed by atoms with Gasteiger partial charge in [-0.25, -0.2) is 4.98 Å². The molecule has 0 bridgehead atoms. The molecule has 1 aromatic carbocycles. The lowest BCUT2D eigenvalue weighted by Crippen LogP contribution is -2.12. The van der Waals surface area contributed by atoms with Crippen molar-refractivity contribution in [1.82, 2.24) is 4.98 Å². The second kappa shape index (κ2) is 5.20. The number of ketones is 1. The molecule has 0 radical (unpaired) electrons. The molecule has 1 N–H and O–H groups in total. The van der Waals surface area contributed by atoms with Crippen molar-refractivity contribution in [2.45, 2.75) is 9.92 Å². The topological polar surface area (TPSA) is 59.1 Å². The molecule has 0 saturated heterocycles. The molecule has 20 heavy (non-hydrogen) atoms. The summed E-state index contributed by atoms with van der Waals surface area (Å²) in [6, 6.07) is 6.96. The Bertz CT molecular complexity index is 734. The third-order valence-corrected chi connectivity index (χ3v) is 4.84. The summed E-state index contributed by atoms with van der Waals surface area (Å²) in [6.07, 6.45) is 1.57. The molecule has 1 aliphatic rings. The predicted octanol–water partition coefficient (Wildman–Crippen LogP) is 3.78. The minimum atomic E-state index is -0.598. The summed E-state index contributed by atoms with van der Waals surface area (Å²) < 4.78 is 0.739. The van der Waals surface area contributed by atoms with Gasteiger partial charge in [-0.05, 0) is 40.2 Å². The molecule has 0 unspecified atom stereocenters. The van der Waals surface area contributed by atoms with Crippen molar-refractivity contribution in [3.05, 3.63) is 45.5 Å². The van der Waals surface area contributed by atoms with Crippen molar-refractivity contribution >= 4 is 56.7 Å². The summed E-state index contributed by atoms with van der Waals surface area (Å²) in [5.74, 6) is -1.11. The summed E-state index contributed by atoms with van der Waals surface area (Å²) in [5, 5.41) is 3.88. The van der Waals surface area contributed by atoms with Crippen LogP contribution in [0.4, 0.5) is 5.69 Å². The zero-order valence-electron chi connectivity index (χ0n) is 9.81. The molecular weight excluding hydrogens is 364 g/mol. The molecule has 3 rings (SSSR count). The number of hydrogen-bond donors (Lipinski definition) is 1. The fraction of sp³-hybridized carbons (Fsp3) is 0. The van der Waals surface area contributed by atoms with Crippen LogP contribution in [0.3, 0.4) is 0 Å². The first-order chi connectivity index (χ1) is 9.54. The molecule has 0 atom stereocenters. The maximum absolute atomic E-state index is 11.6. The van der Waals surface area contributed by atoms with Crippen LogP contribution in [0.2, 0.25) is 5.02 Å². The van der Waals surface area contributed by atoms with Gasteiger partial charge < -0.3 is 5.32 Å². The smallest absolute Gasteiger partial charge is 0.296 e. The highest BCUT2D eigenvalue weighted by Gasteiger charge is 2.29. The maximum Gasteiger partial charge on any atom is 0.296 e. The zero-order chi connectivity index (χ0) is 14.3. The number of nitrogens with zero attached hydrogens (tertiary/aromatic N) is 1. The second-order valence-corrected chi connectivity index (χ2v) is 6.38. The molecule has 1 aliphatic heterocycles. The van der Waals surface area contributed by atoms with Gasteiger partial charge in [0.25, 0.3) is 11.7 Å². The van der Waals surface area contributed by atoms with Gasteiger partial charge >= 0.3 is 0 Å². The Balaban J connectivity index is 1.96. The van der Waals surface area contributed by atoms with Gasteiger partial charge in [0.1, 0.15) is 5.03 Å². The number of hydrogen-bond acceptors (Lipinski definition) is 4. The Kier molecular flexibility index (Phi) is 3.54. The summed E-state index contributed by atoms with van der Waals surface area (Å²) in [6.45, 7) is 0. The molecule has 100 valence electrons. The number of aromatic nitrogens is 1. The van der Waals surface area contributed by atoms with Crippen LogP contribution in [0.1, 0.15) is 10.4 Å². The number of fused-ring (bicyclic) bond motifs is 1. The van der Waals surface area contributed by atoms with Crippen LogP contribution >= 0.6 is 39.3 Å². The van der Waals surface area contributed by atoms with Gasteiger partial charge in [-0.2, -0.15) is 0 Å². The number of nitrogens with one attached hydrogen (secondary N) is 1. The van der Waals surface area contributed by atoms with E-state index in [1.807, 2.05) is 0 Å². The largest absolute Gasteiger partial charge is 0.318 e. The molecule has 0 fully saturated rings. The van der Waals surface area contributed by atoms with Gasteiger partial charge in [-0.1, -0.05) is 23.4 Å². The first-order valence-electron chi connectivity index (χ1n) is 5.53. The fourth-order valence-electron chi connectivity index (χ4n) is 1.76. The third kappa shape index (κ3) is 2.46. The fourth-order valence-corrected chi connectivity index (χ4v) is 3.26. The summed E-state index contributed by atoms with van der Waals surface area (Å²) >= 11 is 10.6. The molecule has 0 saturated carbocycles. The number of Topliss-reactive ketones (excluding diaryl/α,β-unsaturated/α-hetero) is 1. The highest BCUT2D eigenvalue weighted by molar-refractivity contribution is 9.10. The van der Waals surface area contributed by atoms with Crippen LogP contribution in [-0.4, -0.2) is 16.7 Å². The van der Waals surface area contributed by atoms with E-state index in [2.05, 4.69) is 26.2 Å². The molecule has 1 amide bonds. The average Bonchev–Trinajstić information content (AvgIpc) is 2.69. The average molecular weight is 370 g/mol. The van der Waals surface area contributed by atoms with E-state index in [-0.39, 0.29) is 0 Å². The number of rotatable bonds is 2. The molecule has 7 heteroatoms. The molecule has 0 spiro atoms. The second-order valence-electron chi connectivity index (χ2n) is 4.03. The maximum atomic E-state index is 11.6. The van der Waals surface area contributed by atoms with Crippen LogP contribution in [-0.2, 0) is 4.79 Å². The Hall–Kier alpha value is -1.37. The van der Waals surface area contributed by atoms with E-state index in [1.165, 1.54) is 11.8 Å². The van der Waals surface area contributed by atoms with Gasteiger partial charge in [-0.3, -0.25) is 9.59 Å². The van der Waals surface area contributed by atoms with Crippen LogP contribution in [0, 0.1) is 0 Å². The van der Waals surface area contributed by atoms with E-state index < -0.39 is 11.7 Å². The van der Waals surface area contributed by atoms with E-state index in [0.717, 1.165) is 14.4 Å². The monoisotopic (exact) mass is 368 g/mol. The first kappa shape index (κ1) is 13.6. The Morgan fingerprint density at radius 2 is 2.05 bits per heavy atom. The number of halogens is 2. The number of carbonyl (C=O) groups is 2. The van der Waals surface area contributed by atoms with Gasteiger partial charge in [0.2, 0.25) is 0 Å². The minimum absolute atomic E-state index is 0.385. The normalized spacial score (nSPS) is 13.3. The van der Waals surface area contributed by atoms with Crippen molar-refractivity contribution < 1.29 is 9.59 Å². The van der Waals surface area contributed by atoms with E-state index in [0.29, 0.717) is 16.3 Å². The van der Waals surface area contributed by atoms with Crippen LogP contribution in [0.15, 0.2) is 44.9 Å². The standard InChI is InChI=1S/C13H6BrClN2O2S/c14-8-3-7-9(17-13(19)12(7)18)4-10(8)20-11-2-1-6(15)5-16-11/h1-5H,(H,17,18,19). The number of benzene rings is 1. The molecule has 0 aliphatic carbocycles. The first-order valence-corrected chi connectivity index (χ1v) is 7.52. The highest BCUT2D eigenvalue weighted by atomic mass is 79.9. The van der Waals surface area contributed by atoms with E-state index in [4.69, 9.17) is 11.6 Å². The third-order valence-electron chi connectivity index (χ3n) is 2.69. The van der Waals surface area contributed by atoms with Crippen molar-refractivity contribution in [3.8, 4) is 0 Å². The van der Waals surface area contributed by atoms with E-state index in [1.54, 1.807) is 30.5 Å². The Morgan fingerprint density at radius 1 is 1.25 bits per heavy atom. The summed E-state index contributed by atoms with van der Waals surface area (Å²) in [4.78, 5) is 28.0. The number of anilines is 1. The molecule has 4 nitrogen and oxygen atoms in total. The lowest BCUT2D eigenvalue weighted by atomic mass is 10.1. The summed E-state index contributed by atoms with van der Waals surface area (Å²) in [5.41, 5.74) is 0.912. The van der Waals surface area contributed by atoms with Crippen molar-refractivity contribution in [2.24, 2.45) is 0 Å². The molecule has 1 aromatic heterocycles. The lowest BCUT2D eigenvalue weighted by Gasteiger charge is -2.06. The van der Waals surface area contributed by atoms with Gasteiger partial charge in [0.05, 0.1) is 16.3 Å². The SMILES string of the molecule is O=C1Nc2cc(Sc3ccc(Cl)cn3)c(Br)cc2C1=O. The predicted molar refractivity (Wildman–Crippen MR) is 80.5 cm³/mol. The van der Waals surface area contributed by atoms with Crippen molar-refractivity contribution in [2.75, 3.05) is 5.32 Å². The van der Waals surface area contributed by atoms with Gasteiger partial charge in [0.15, 0.2) is 0 Å². The Labute approximate surface area is 132 Å². The minimum Gasteiger partial charge on any atom is -0.318 e. The van der Waals surface area contributed by atoms with Crippen molar-refractivity contribution in [3.63, 3.8) is 0 Å². The molecule has 2 heterocycles. The van der Waals surface area contributed by atoms with Crippen LogP contribution in [0.25, 0.3) is 0 Å².